The summed E-state index contributed by atoms with van der Waals surface area (Å²) in [6.45, 7) is 8.05. The van der Waals surface area contributed by atoms with Crippen LogP contribution < -0.4 is 15.2 Å². The first-order chi connectivity index (χ1) is 21.7. The van der Waals surface area contributed by atoms with Gasteiger partial charge in [-0.3, -0.25) is 24.2 Å². The van der Waals surface area contributed by atoms with Crippen molar-refractivity contribution < 1.29 is 23.9 Å². The smallest absolute Gasteiger partial charge is 0.320 e. The van der Waals surface area contributed by atoms with E-state index in [9.17, 15) is 19.6 Å². The Morgan fingerprint density at radius 1 is 1.13 bits per heavy atom. The molecule has 238 valence electrons. The maximum Gasteiger partial charge on any atom is 0.320 e. The second kappa shape index (κ2) is 13.9. The number of carbonyl (C=O) groups is 3. The van der Waals surface area contributed by atoms with Crippen molar-refractivity contribution in [3.05, 3.63) is 41.1 Å². The molecule has 5 rings (SSSR count). The fourth-order valence-corrected chi connectivity index (χ4v) is 5.80. The van der Waals surface area contributed by atoms with Gasteiger partial charge in [0.2, 0.25) is 17.7 Å². The molecule has 13 nitrogen and oxygen atoms in total. The van der Waals surface area contributed by atoms with Gasteiger partial charge < -0.3 is 24.7 Å². The second-order valence-corrected chi connectivity index (χ2v) is 11.6. The van der Waals surface area contributed by atoms with E-state index in [1.165, 1.54) is 4.90 Å². The molecule has 2 aliphatic rings. The van der Waals surface area contributed by atoms with Gasteiger partial charge in [-0.15, -0.1) is 0 Å². The number of amides is 3. The van der Waals surface area contributed by atoms with Gasteiger partial charge in [0.1, 0.15) is 23.3 Å². The number of nitrogen functional groups attached to an aromatic ring is 1. The largest absolute Gasteiger partial charge is 0.496 e. The molecule has 1 atom stereocenters. The van der Waals surface area contributed by atoms with Crippen LogP contribution in [0.3, 0.4) is 0 Å². The van der Waals surface area contributed by atoms with E-state index in [0.717, 1.165) is 24.0 Å². The molecule has 2 fully saturated rings. The van der Waals surface area contributed by atoms with Gasteiger partial charge in [0.25, 0.3) is 0 Å². The molecular weight excluding hydrogens is 576 g/mol. The predicted octanol–water partition coefficient (Wildman–Crippen LogP) is 2.55. The third-order valence-electron chi connectivity index (χ3n) is 8.44. The number of piperazine rings is 1. The van der Waals surface area contributed by atoms with Crippen molar-refractivity contribution in [2.24, 2.45) is 5.92 Å². The number of nitrogens with zero attached hydrogens (tertiary/aromatic N) is 7. The lowest BCUT2D eigenvalue weighted by Gasteiger charge is -2.35. The summed E-state index contributed by atoms with van der Waals surface area (Å²) in [5, 5.41) is 10.5. The zero-order valence-corrected chi connectivity index (χ0v) is 26.1. The van der Waals surface area contributed by atoms with Gasteiger partial charge >= 0.3 is 6.01 Å². The van der Waals surface area contributed by atoms with E-state index >= 15 is 0 Å². The average molecular weight is 617 g/mol. The number of benzene rings is 1. The van der Waals surface area contributed by atoms with Crippen molar-refractivity contribution in [1.82, 2.24) is 29.2 Å². The summed E-state index contributed by atoms with van der Waals surface area (Å²) in [6, 6.07) is 10.2. The van der Waals surface area contributed by atoms with E-state index in [0.29, 0.717) is 68.4 Å². The van der Waals surface area contributed by atoms with Gasteiger partial charge in [-0.25, -0.2) is 0 Å². The molecule has 2 aliphatic heterocycles. The zero-order chi connectivity index (χ0) is 32.1. The van der Waals surface area contributed by atoms with Gasteiger partial charge in [0, 0.05) is 63.6 Å². The van der Waals surface area contributed by atoms with Crippen LogP contribution in [0, 0.1) is 17.2 Å². The van der Waals surface area contributed by atoms with Crippen molar-refractivity contribution in [1.29, 1.82) is 5.26 Å². The summed E-state index contributed by atoms with van der Waals surface area (Å²) in [5.74, 6) is 0.225. The van der Waals surface area contributed by atoms with E-state index < -0.39 is 0 Å². The number of rotatable bonds is 12. The lowest BCUT2D eigenvalue weighted by atomic mass is 10.1. The number of aromatic nitrogens is 3. The van der Waals surface area contributed by atoms with Crippen molar-refractivity contribution >= 4 is 34.6 Å². The summed E-state index contributed by atoms with van der Waals surface area (Å²) >= 11 is 0. The number of ether oxygens (including phenoxy) is 2. The fraction of sp³-hybridized carbons (Fsp3) is 0.500. The maximum absolute atomic E-state index is 12.8. The Morgan fingerprint density at radius 3 is 2.58 bits per heavy atom. The Labute approximate surface area is 262 Å². The fourth-order valence-electron chi connectivity index (χ4n) is 5.80. The number of likely N-dealkylation sites (tertiary alicyclic amines) is 1. The second-order valence-electron chi connectivity index (χ2n) is 11.6. The van der Waals surface area contributed by atoms with Crippen molar-refractivity contribution in [3.63, 3.8) is 0 Å². The highest BCUT2D eigenvalue weighted by Crippen LogP contribution is 2.29. The number of methoxy groups -OCH3 is 1. The molecule has 0 bridgehead atoms. The van der Waals surface area contributed by atoms with Gasteiger partial charge in [0.15, 0.2) is 5.65 Å². The Bertz CT molecular complexity index is 1620. The summed E-state index contributed by atoms with van der Waals surface area (Å²) in [6.07, 6.45) is 2.22. The lowest BCUT2D eigenvalue weighted by Crippen LogP contribution is -2.49. The molecular formula is C32H40N8O5. The molecule has 13 heteroatoms. The van der Waals surface area contributed by atoms with Crippen molar-refractivity contribution in [2.45, 2.75) is 52.6 Å². The Balaban J connectivity index is 1.21. The van der Waals surface area contributed by atoms with Crippen LogP contribution in [0.5, 0.6) is 11.8 Å². The van der Waals surface area contributed by atoms with Crippen LogP contribution >= 0.6 is 0 Å². The molecule has 1 unspecified atom stereocenters. The van der Waals surface area contributed by atoms with Crippen LogP contribution in [0.15, 0.2) is 24.3 Å². The quantitative estimate of drug-likeness (QED) is 0.237. The first-order valence-electron chi connectivity index (χ1n) is 15.4. The van der Waals surface area contributed by atoms with E-state index in [1.807, 2.05) is 18.2 Å². The highest BCUT2D eigenvalue weighted by Gasteiger charge is 2.35. The maximum atomic E-state index is 12.8. The number of anilines is 1. The van der Waals surface area contributed by atoms with Gasteiger partial charge in [-0.2, -0.15) is 15.2 Å². The number of hydrogen-bond donors (Lipinski definition) is 1. The number of nitrogens with two attached hydrogens (primary N) is 1. The molecule has 1 aromatic carbocycles. The molecule has 2 N–H and O–H groups in total. The molecule has 0 radical (unpaired) electrons. The molecule has 3 aromatic rings. The Morgan fingerprint density at radius 2 is 1.91 bits per heavy atom. The highest BCUT2D eigenvalue weighted by atomic mass is 16.5. The Hall–Kier alpha value is -4.70. The SMILES string of the molecule is CCCCOc1nc(N)c2cc(C#N)n(Cc3ccc(CN4CCN(C(=O)CCN5C(=O)CC(C)C5=O)CC4)cc3OC)c2n1. The molecule has 0 saturated carbocycles. The Kier molecular flexibility index (Phi) is 9.83. The van der Waals surface area contributed by atoms with E-state index in [-0.39, 0.29) is 54.9 Å². The molecule has 0 aliphatic carbocycles. The molecule has 45 heavy (non-hydrogen) atoms. The predicted molar refractivity (Wildman–Crippen MR) is 166 cm³/mol. The molecule has 3 amide bonds. The highest BCUT2D eigenvalue weighted by molar-refractivity contribution is 6.03. The number of carbonyl (C=O) groups excluding carboxylic acids is 3. The van der Waals surface area contributed by atoms with E-state index in [2.05, 4.69) is 27.9 Å². The summed E-state index contributed by atoms with van der Waals surface area (Å²) in [4.78, 5) is 51.1. The zero-order valence-electron chi connectivity index (χ0n) is 26.1. The van der Waals surface area contributed by atoms with Gasteiger partial charge in [0.05, 0.1) is 25.6 Å². The molecule has 2 saturated heterocycles. The third-order valence-corrected chi connectivity index (χ3v) is 8.44. The first kappa shape index (κ1) is 31.7. The number of fused-ring (bicyclic) bond motifs is 1. The lowest BCUT2D eigenvalue weighted by molar-refractivity contribution is -0.140. The van der Waals surface area contributed by atoms with Crippen LogP contribution in [0.25, 0.3) is 11.0 Å². The normalized spacial score (nSPS) is 17.2. The number of nitriles is 1. The summed E-state index contributed by atoms with van der Waals surface area (Å²) in [5.41, 5.74) is 9.07. The van der Waals surface area contributed by atoms with Crippen LogP contribution in [-0.4, -0.2) is 93.4 Å². The van der Waals surface area contributed by atoms with Crippen LogP contribution in [0.1, 0.15) is 56.4 Å². The molecule has 0 spiro atoms. The van der Waals surface area contributed by atoms with Crippen LogP contribution in [0.2, 0.25) is 0 Å². The number of hydrogen-bond acceptors (Lipinski definition) is 10. The minimum Gasteiger partial charge on any atom is -0.496 e. The third kappa shape index (κ3) is 7.01. The number of imide groups is 1. The topological polar surface area (TPSA) is 160 Å². The van der Waals surface area contributed by atoms with Gasteiger partial charge in [-0.1, -0.05) is 32.4 Å². The standard InChI is InChI=1S/C32H40N8O5/c1-4-5-14-45-32-35-29(34)25-17-24(18-33)40(30(25)36-32)20-23-7-6-22(16-26(23)44-3)19-37-10-12-38(13-11-37)27(41)8-9-39-28(42)15-21(2)31(39)43/h6-7,16-17,21H,4-5,8-15,19-20H2,1-3H3,(H2,34,35,36). The van der Waals surface area contributed by atoms with Crippen LogP contribution in [0.4, 0.5) is 5.82 Å². The minimum atomic E-state index is -0.301. The van der Waals surface area contributed by atoms with Crippen molar-refractivity contribution in [2.75, 3.05) is 52.2 Å². The van der Waals surface area contributed by atoms with Crippen LogP contribution in [-0.2, 0) is 27.5 Å². The average Bonchev–Trinajstić information content (AvgIpc) is 3.51. The first-order valence-corrected chi connectivity index (χ1v) is 15.4. The van der Waals surface area contributed by atoms with E-state index in [1.54, 1.807) is 29.6 Å². The van der Waals surface area contributed by atoms with Crippen molar-refractivity contribution in [3.8, 4) is 17.8 Å². The monoisotopic (exact) mass is 616 g/mol. The summed E-state index contributed by atoms with van der Waals surface area (Å²) < 4.78 is 13.3. The minimum absolute atomic E-state index is 0.0400. The summed E-state index contributed by atoms with van der Waals surface area (Å²) in [7, 11) is 1.62. The molecule has 4 heterocycles. The van der Waals surface area contributed by atoms with E-state index in [4.69, 9.17) is 15.2 Å². The number of unbranched alkanes of at least 4 members (excludes halogenated alkanes) is 1. The van der Waals surface area contributed by atoms with Gasteiger partial charge in [-0.05, 0) is 24.1 Å². The molecule has 2 aromatic heterocycles.